The Bertz CT molecular complexity index is 723. The van der Waals surface area contributed by atoms with E-state index >= 15 is 0 Å². The van der Waals surface area contributed by atoms with Gasteiger partial charge in [0.15, 0.2) is 0 Å². The van der Waals surface area contributed by atoms with Crippen LogP contribution in [-0.4, -0.2) is 19.1 Å². The highest BCUT2D eigenvalue weighted by Gasteiger charge is 2.13. The summed E-state index contributed by atoms with van der Waals surface area (Å²) in [5.74, 6) is 0. The van der Waals surface area contributed by atoms with Gasteiger partial charge in [-0.2, -0.15) is 0 Å². The zero-order valence-electron chi connectivity index (χ0n) is 11.6. The molecule has 0 aliphatic rings. The molecule has 1 aromatic heterocycles. The van der Waals surface area contributed by atoms with Crippen LogP contribution in [0, 0.1) is 6.92 Å². The average molecular weight is 250 g/mol. The van der Waals surface area contributed by atoms with E-state index in [4.69, 9.17) is 0 Å². The number of fused-ring (bicyclic) bond motifs is 1. The van der Waals surface area contributed by atoms with Crippen LogP contribution >= 0.6 is 0 Å². The van der Waals surface area contributed by atoms with Gasteiger partial charge in [-0.25, -0.2) is 0 Å². The van der Waals surface area contributed by atoms with Crippen LogP contribution < -0.4 is 4.90 Å². The summed E-state index contributed by atoms with van der Waals surface area (Å²) in [6.45, 7) is 2.14. The lowest BCUT2D eigenvalue weighted by atomic mass is 10.00. The SMILES string of the molecule is Cc1[nH]c2ccccc2c1-c1ccccc1N(C)C. The van der Waals surface area contributed by atoms with E-state index in [-0.39, 0.29) is 0 Å². The fraction of sp³-hybridized carbons (Fsp3) is 0.176. The van der Waals surface area contributed by atoms with Crippen LogP contribution in [0.1, 0.15) is 5.69 Å². The number of hydrogen-bond donors (Lipinski definition) is 1. The number of nitrogens with zero attached hydrogens (tertiary/aromatic N) is 1. The monoisotopic (exact) mass is 250 g/mol. The van der Waals surface area contributed by atoms with E-state index in [1.165, 1.54) is 33.4 Å². The summed E-state index contributed by atoms with van der Waals surface area (Å²) >= 11 is 0. The average Bonchev–Trinajstić information content (AvgIpc) is 2.74. The first-order chi connectivity index (χ1) is 9.18. The second-order valence-electron chi connectivity index (χ2n) is 5.08. The van der Waals surface area contributed by atoms with Gasteiger partial charge in [0.2, 0.25) is 0 Å². The number of aromatic nitrogens is 1. The van der Waals surface area contributed by atoms with Gasteiger partial charge < -0.3 is 9.88 Å². The number of hydrogen-bond acceptors (Lipinski definition) is 1. The molecule has 96 valence electrons. The standard InChI is InChI=1S/C17H18N2/c1-12-17(13-8-4-6-10-15(13)18-12)14-9-5-7-11-16(14)19(2)3/h4-11,18H,1-3H3. The largest absolute Gasteiger partial charge is 0.377 e. The molecule has 0 fully saturated rings. The smallest absolute Gasteiger partial charge is 0.0462 e. The molecule has 0 radical (unpaired) electrons. The number of benzene rings is 2. The van der Waals surface area contributed by atoms with E-state index in [0.717, 1.165) is 0 Å². The maximum Gasteiger partial charge on any atom is 0.0462 e. The highest BCUT2D eigenvalue weighted by molar-refractivity contribution is 6.00. The van der Waals surface area contributed by atoms with Crippen molar-refractivity contribution in [3.8, 4) is 11.1 Å². The van der Waals surface area contributed by atoms with Gasteiger partial charge in [-0.05, 0) is 19.1 Å². The second-order valence-corrected chi connectivity index (χ2v) is 5.08. The molecule has 2 nitrogen and oxygen atoms in total. The molecule has 19 heavy (non-hydrogen) atoms. The Hall–Kier alpha value is -2.22. The van der Waals surface area contributed by atoms with Crippen molar-refractivity contribution in [2.75, 3.05) is 19.0 Å². The van der Waals surface area contributed by atoms with Gasteiger partial charge in [-0.15, -0.1) is 0 Å². The van der Waals surface area contributed by atoms with E-state index in [1.54, 1.807) is 0 Å². The molecule has 0 atom stereocenters. The van der Waals surface area contributed by atoms with Crippen molar-refractivity contribution in [3.63, 3.8) is 0 Å². The zero-order chi connectivity index (χ0) is 13.4. The van der Waals surface area contributed by atoms with Crippen LogP contribution in [0.5, 0.6) is 0 Å². The van der Waals surface area contributed by atoms with Gasteiger partial charge in [0, 0.05) is 47.5 Å². The molecule has 0 spiro atoms. The second kappa shape index (κ2) is 4.47. The van der Waals surface area contributed by atoms with Crippen LogP contribution in [0.3, 0.4) is 0 Å². The third-order valence-electron chi connectivity index (χ3n) is 3.55. The fourth-order valence-electron chi connectivity index (χ4n) is 2.70. The minimum absolute atomic E-state index is 1.20. The summed E-state index contributed by atoms with van der Waals surface area (Å²) in [4.78, 5) is 5.64. The molecule has 0 unspecified atom stereocenters. The van der Waals surface area contributed by atoms with Crippen molar-refractivity contribution in [1.82, 2.24) is 4.98 Å². The lowest BCUT2D eigenvalue weighted by molar-refractivity contribution is 1.13. The maximum atomic E-state index is 3.47. The Balaban J connectivity index is 2.33. The normalized spacial score (nSPS) is 10.9. The molecular weight excluding hydrogens is 232 g/mol. The number of aromatic amines is 1. The van der Waals surface area contributed by atoms with E-state index in [0.29, 0.717) is 0 Å². The van der Waals surface area contributed by atoms with E-state index in [2.05, 4.69) is 79.4 Å². The van der Waals surface area contributed by atoms with Gasteiger partial charge in [0.1, 0.15) is 0 Å². The van der Waals surface area contributed by atoms with Crippen molar-refractivity contribution < 1.29 is 0 Å². The van der Waals surface area contributed by atoms with Crippen LogP contribution in [0.15, 0.2) is 48.5 Å². The zero-order valence-corrected chi connectivity index (χ0v) is 11.6. The first-order valence-corrected chi connectivity index (χ1v) is 6.52. The molecule has 0 saturated carbocycles. The molecule has 3 aromatic rings. The summed E-state index contributed by atoms with van der Waals surface area (Å²) in [5, 5.41) is 1.29. The maximum absolute atomic E-state index is 3.47. The molecule has 3 rings (SSSR count). The van der Waals surface area contributed by atoms with Crippen molar-refractivity contribution in [2.24, 2.45) is 0 Å². The summed E-state index contributed by atoms with van der Waals surface area (Å²) in [6, 6.07) is 17.0. The first kappa shape index (κ1) is 11.8. The number of H-pyrrole nitrogens is 1. The van der Waals surface area contributed by atoms with Crippen LogP contribution in [0.25, 0.3) is 22.0 Å². The highest BCUT2D eigenvalue weighted by atomic mass is 15.1. The Labute approximate surface area is 113 Å². The molecule has 2 aromatic carbocycles. The van der Waals surface area contributed by atoms with Gasteiger partial charge in [-0.1, -0.05) is 36.4 Å². The lowest BCUT2D eigenvalue weighted by Crippen LogP contribution is -2.09. The Morgan fingerprint density at radius 1 is 0.895 bits per heavy atom. The lowest BCUT2D eigenvalue weighted by Gasteiger charge is -2.17. The quantitative estimate of drug-likeness (QED) is 0.722. The van der Waals surface area contributed by atoms with Gasteiger partial charge in [0.05, 0.1) is 0 Å². The molecule has 0 bridgehead atoms. The Morgan fingerprint density at radius 2 is 1.58 bits per heavy atom. The van der Waals surface area contributed by atoms with Gasteiger partial charge >= 0.3 is 0 Å². The van der Waals surface area contributed by atoms with Gasteiger partial charge in [0.25, 0.3) is 0 Å². The third-order valence-corrected chi connectivity index (χ3v) is 3.55. The molecule has 0 aliphatic heterocycles. The van der Waals surface area contributed by atoms with Crippen LogP contribution in [0.2, 0.25) is 0 Å². The summed E-state index contributed by atoms with van der Waals surface area (Å²) in [6.07, 6.45) is 0. The predicted octanol–water partition coefficient (Wildman–Crippen LogP) is 4.21. The van der Waals surface area contributed by atoms with Crippen molar-refractivity contribution in [3.05, 3.63) is 54.2 Å². The molecule has 0 aliphatic carbocycles. The van der Waals surface area contributed by atoms with Crippen molar-refractivity contribution >= 4 is 16.6 Å². The molecule has 0 saturated heterocycles. The van der Waals surface area contributed by atoms with Crippen LogP contribution in [-0.2, 0) is 0 Å². The molecule has 1 N–H and O–H groups in total. The molecule has 0 amide bonds. The van der Waals surface area contributed by atoms with Crippen molar-refractivity contribution in [1.29, 1.82) is 0 Å². The van der Waals surface area contributed by atoms with E-state index < -0.39 is 0 Å². The topological polar surface area (TPSA) is 19.0 Å². The fourth-order valence-corrected chi connectivity index (χ4v) is 2.70. The summed E-state index contributed by atoms with van der Waals surface area (Å²) in [5.41, 5.74) is 6.25. The number of rotatable bonds is 2. The first-order valence-electron chi connectivity index (χ1n) is 6.52. The highest BCUT2D eigenvalue weighted by Crippen LogP contribution is 2.37. The number of para-hydroxylation sites is 2. The minimum atomic E-state index is 1.20. The predicted molar refractivity (Wildman–Crippen MR) is 82.8 cm³/mol. The number of nitrogens with one attached hydrogen (secondary N) is 1. The minimum Gasteiger partial charge on any atom is -0.377 e. The summed E-state index contributed by atoms with van der Waals surface area (Å²) < 4.78 is 0. The van der Waals surface area contributed by atoms with Crippen molar-refractivity contribution in [2.45, 2.75) is 6.92 Å². The Kier molecular flexibility index (Phi) is 2.79. The Morgan fingerprint density at radius 3 is 2.37 bits per heavy atom. The van der Waals surface area contributed by atoms with E-state index in [1.807, 2.05) is 0 Å². The third kappa shape index (κ3) is 1.89. The molecule has 2 heteroatoms. The number of aryl methyl sites for hydroxylation is 1. The summed E-state index contributed by atoms with van der Waals surface area (Å²) in [7, 11) is 4.17. The van der Waals surface area contributed by atoms with Crippen LogP contribution in [0.4, 0.5) is 5.69 Å². The number of anilines is 1. The van der Waals surface area contributed by atoms with Gasteiger partial charge in [-0.3, -0.25) is 0 Å². The molecular formula is C17H18N2. The molecule has 1 heterocycles. The van der Waals surface area contributed by atoms with E-state index in [9.17, 15) is 0 Å².